The lowest BCUT2D eigenvalue weighted by Gasteiger charge is -2.14. The van der Waals surface area contributed by atoms with Gasteiger partial charge in [0.25, 0.3) is 0 Å². The highest BCUT2D eigenvalue weighted by Gasteiger charge is 2.31. The van der Waals surface area contributed by atoms with E-state index in [4.69, 9.17) is 5.73 Å². The van der Waals surface area contributed by atoms with Crippen molar-refractivity contribution in [3.8, 4) is 0 Å². The monoisotopic (exact) mass is 271 g/mol. The van der Waals surface area contributed by atoms with Gasteiger partial charge in [0.05, 0.1) is 5.56 Å². The zero-order valence-electron chi connectivity index (χ0n) is 10.4. The van der Waals surface area contributed by atoms with Crippen LogP contribution in [0.25, 0.3) is 0 Å². The number of nitrogens with two attached hydrogens (primary N) is 1. The van der Waals surface area contributed by atoms with Gasteiger partial charge < -0.3 is 5.73 Å². The second kappa shape index (κ2) is 5.33. The topological polar surface area (TPSA) is 43.1 Å². The number of hydrogen-bond donors (Lipinski definition) is 1. The second-order valence-electron chi connectivity index (χ2n) is 5.04. The first-order chi connectivity index (χ1) is 8.88. The Hall–Kier alpha value is -1.36. The van der Waals surface area contributed by atoms with E-state index in [0.717, 1.165) is 31.4 Å². The van der Waals surface area contributed by atoms with Gasteiger partial charge in [-0.3, -0.25) is 4.79 Å². The lowest BCUT2D eigenvalue weighted by molar-refractivity contribution is -0.137. The fourth-order valence-corrected chi connectivity index (χ4v) is 2.53. The molecule has 19 heavy (non-hydrogen) atoms. The SMILES string of the molecule is NC1CCCC1C(=O)Cc1ccc(C(F)(F)F)cc1. The molecule has 0 aliphatic heterocycles. The van der Waals surface area contributed by atoms with Crippen LogP contribution in [0, 0.1) is 5.92 Å². The van der Waals surface area contributed by atoms with E-state index >= 15 is 0 Å². The van der Waals surface area contributed by atoms with Crippen molar-refractivity contribution in [1.29, 1.82) is 0 Å². The fraction of sp³-hybridized carbons (Fsp3) is 0.500. The number of carbonyl (C=O) groups excluding carboxylic acids is 1. The summed E-state index contributed by atoms with van der Waals surface area (Å²) in [6, 6.07) is 4.65. The lowest BCUT2D eigenvalue weighted by atomic mass is 9.93. The van der Waals surface area contributed by atoms with Crippen LogP contribution in [0.4, 0.5) is 13.2 Å². The van der Waals surface area contributed by atoms with E-state index < -0.39 is 11.7 Å². The summed E-state index contributed by atoms with van der Waals surface area (Å²) in [5, 5.41) is 0. The molecule has 2 nitrogen and oxygen atoms in total. The molecule has 0 heterocycles. The van der Waals surface area contributed by atoms with Crippen molar-refractivity contribution in [3.63, 3.8) is 0 Å². The fourth-order valence-electron chi connectivity index (χ4n) is 2.53. The van der Waals surface area contributed by atoms with Crippen molar-refractivity contribution in [2.75, 3.05) is 0 Å². The molecule has 1 aromatic carbocycles. The molecule has 2 N–H and O–H groups in total. The predicted molar refractivity (Wildman–Crippen MR) is 65.5 cm³/mol. The van der Waals surface area contributed by atoms with Gasteiger partial charge in [-0.1, -0.05) is 18.6 Å². The number of rotatable bonds is 3. The molecule has 2 rings (SSSR count). The molecule has 0 radical (unpaired) electrons. The number of alkyl halides is 3. The van der Waals surface area contributed by atoms with Gasteiger partial charge >= 0.3 is 6.18 Å². The van der Waals surface area contributed by atoms with Gasteiger partial charge in [-0.2, -0.15) is 13.2 Å². The standard InChI is InChI=1S/C14H16F3NO/c15-14(16,17)10-6-4-9(5-7-10)8-13(19)11-2-1-3-12(11)18/h4-7,11-12H,1-3,8,18H2. The van der Waals surface area contributed by atoms with E-state index in [1.165, 1.54) is 12.1 Å². The summed E-state index contributed by atoms with van der Waals surface area (Å²) >= 11 is 0. The molecule has 1 fully saturated rings. The Morgan fingerprint density at radius 3 is 2.32 bits per heavy atom. The number of carbonyl (C=O) groups is 1. The smallest absolute Gasteiger partial charge is 0.327 e. The van der Waals surface area contributed by atoms with Gasteiger partial charge in [-0.25, -0.2) is 0 Å². The molecular formula is C14H16F3NO. The quantitative estimate of drug-likeness (QED) is 0.918. The summed E-state index contributed by atoms with van der Waals surface area (Å²) in [5.74, 6) is -0.105. The zero-order chi connectivity index (χ0) is 14.0. The van der Waals surface area contributed by atoms with E-state index in [2.05, 4.69) is 0 Å². The molecule has 0 spiro atoms. The minimum absolute atomic E-state index is 0.0322. The summed E-state index contributed by atoms with van der Waals surface area (Å²) in [4.78, 5) is 12.0. The van der Waals surface area contributed by atoms with Crippen molar-refractivity contribution >= 4 is 5.78 Å². The normalized spacial score (nSPS) is 23.6. The van der Waals surface area contributed by atoms with Crippen molar-refractivity contribution in [2.45, 2.75) is 37.9 Å². The molecule has 0 amide bonds. The van der Waals surface area contributed by atoms with Gasteiger partial charge in [-0.15, -0.1) is 0 Å². The number of ketones is 1. The number of halogens is 3. The molecule has 1 aliphatic carbocycles. The van der Waals surface area contributed by atoms with Crippen LogP contribution in [0.5, 0.6) is 0 Å². The molecule has 1 saturated carbocycles. The number of hydrogen-bond acceptors (Lipinski definition) is 2. The van der Waals surface area contributed by atoms with Crippen LogP contribution in [0.2, 0.25) is 0 Å². The third kappa shape index (κ3) is 3.35. The van der Waals surface area contributed by atoms with Crippen molar-refractivity contribution in [3.05, 3.63) is 35.4 Å². The predicted octanol–water partition coefficient (Wildman–Crippen LogP) is 2.94. The average Bonchev–Trinajstić information content (AvgIpc) is 2.75. The largest absolute Gasteiger partial charge is 0.416 e. The van der Waals surface area contributed by atoms with Crippen LogP contribution in [0.15, 0.2) is 24.3 Å². The van der Waals surface area contributed by atoms with Crippen LogP contribution < -0.4 is 5.73 Å². The Labute approximate surface area is 109 Å². The highest BCUT2D eigenvalue weighted by Crippen LogP contribution is 2.30. The minimum atomic E-state index is -4.34. The van der Waals surface area contributed by atoms with Crippen molar-refractivity contribution in [2.24, 2.45) is 11.7 Å². The van der Waals surface area contributed by atoms with Gasteiger partial charge in [0.2, 0.25) is 0 Å². The van der Waals surface area contributed by atoms with E-state index in [9.17, 15) is 18.0 Å². The van der Waals surface area contributed by atoms with Gasteiger partial charge in [0, 0.05) is 18.4 Å². The summed E-state index contributed by atoms with van der Waals surface area (Å²) in [7, 11) is 0. The van der Waals surface area contributed by atoms with Crippen molar-refractivity contribution in [1.82, 2.24) is 0 Å². The molecule has 0 bridgehead atoms. The summed E-state index contributed by atoms with van der Waals surface area (Å²) in [5.41, 5.74) is 5.76. The molecule has 2 unspecified atom stereocenters. The first-order valence-corrected chi connectivity index (χ1v) is 6.32. The molecule has 1 aliphatic rings. The van der Waals surface area contributed by atoms with Crippen LogP contribution in [0.1, 0.15) is 30.4 Å². The zero-order valence-corrected chi connectivity index (χ0v) is 10.4. The number of Topliss-reactive ketones (excluding diaryl/α,β-unsaturated/α-hetero) is 1. The molecular weight excluding hydrogens is 255 g/mol. The van der Waals surface area contributed by atoms with Gasteiger partial charge in [0.15, 0.2) is 0 Å². The Kier molecular flexibility index (Phi) is 3.94. The van der Waals surface area contributed by atoms with Crippen LogP contribution in [-0.4, -0.2) is 11.8 Å². The van der Waals surface area contributed by atoms with Crippen LogP contribution >= 0.6 is 0 Å². The van der Waals surface area contributed by atoms with Crippen molar-refractivity contribution < 1.29 is 18.0 Å². The van der Waals surface area contributed by atoms with E-state index in [-0.39, 0.29) is 24.2 Å². The molecule has 2 atom stereocenters. The Morgan fingerprint density at radius 2 is 1.84 bits per heavy atom. The van der Waals surface area contributed by atoms with Crippen LogP contribution in [-0.2, 0) is 17.4 Å². The molecule has 0 aromatic heterocycles. The summed E-state index contributed by atoms with van der Waals surface area (Å²) in [6.45, 7) is 0. The highest BCUT2D eigenvalue weighted by atomic mass is 19.4. The molecule has 1 aromatic rings. The maximum Gasteiger partial charge on any atom is 0.416 e. The molecule has 0 saturated heterocycles. The second-order valence-corrected chi connectivity index (χ2v) is 5.04. The number of benzene rings is 1. The third-order valence-electron chi connectivity index (χ3n) is 3.64. The highest BCUT2D eigenvalue weighted by molar-refractivity contribution is 5.84. The van der Waals surface area contributed by atoms with Crippen LogP contribution in [0.3, 0.4) is 0 Å². The molecule has 5 heteroatoms. The average molecular weight is 271 g/mol. The maximum atomic E-state index is 12.4. The van der Waals surface area contributed by atoms with Gasteiger partial charge in [-0.05, 0) is 30.5 Å². The Morgan fingerprint density at radius 1 is 1.21 bits per heavy atom. The lowest BCUT2D eigenvalue weighted by Crippen LogP contribution is -2.31. The van der Waals surface area contributed by atoms with E-state index in [1.54, 1.807) is 0 Å². The Bertz CT molecular complexity index is 453. The van der Waals surface area contributed by atoms with E-state index in [1.807, 2.05) is 0 Å². The first-order valence-electron chi connectivity index (χ1n) is 6.32. The molecule has 104 valence electrons. The van der Waals surface area contributed by atoms with E-state index in [0.29, 0.717) is 5.56 Å². The summed E-state index contributed by atoms with van der Waals surface area (Å²) in [6.07, 6.45) is -1.58. The first kappa shape index (κ1) is 14.1. The third-order valence-corrected chi connectivity index (χ3v) is 3.64. The Balaban J connectivity index is 2.02. The summed E-state index contributed by atoms with van der Waals surface area (Å²) < 4.78 is 37.2. The van der Waals surface area contributed by atoms with Gasteiger partial charge in [0.1, 0.15) is 5.78 Å². The minimum Gasteiger partial charge on any atom is -0.327 e. The maximum absolute atomic E-state index is 12.4.